The van der Waals surface area contributed by atoms with E-state index in [-0.39, 0.29) is 123 Å². The number of nitrogens with zero attached hydrogens (tertiary/aromatic N) is 1. The van der Waals surface area contributed by atoms with Crippen molar-refractivity contribution in [2.24, 2.45) is 92.7 Å². The topological polar surface area (TPSA) is 200 Å². The van der Waals surface area contributed by atoms with Crippen molar-refractivity contribution in [3.63, 3.8) is 0 Å². The van der Waals surface area contributed by atoms with Crippen LogP contribution in [0.2, 0.25) is 0 Å². The molecule has 0 saturated heterocycles. The number of fused-ring (bicyclic) bond motifs is 10. The lowest BCUT2D eigenvalue weighted by atomic mass is 9.43. The van der Waals surface area contributed by atoms with Crippen LogP contribution in [-0.2, 0) is 14.4 Å². The number of aliphatic hydroxyl groups is 6. The Kier molecular flexibility index (Phi) is 22.6. The van der Waals surface area contributed by atoms with Gasteiger partial charge in [-0.15, -0.1) is 0 Å². The second-order valence-corrected chi connectivity index (χ2v) is 30.2. The average Bonchev–Trinajstić information content (AvgIpc) is 3.99. The van der Waals surface area contributed by atoms with Crippen LogP contribution in [0.25, 0.3) is 0 Å². The van der Waals surface area contributed by atoms with Gasteiger partial charge in [-0.1, -0.05) is 126 Å². The van der Waals surface area contributed by atoms with Crippen molar-refractivity contribution in [1.29, 1.82) is 0 Å². The van der Waals surface area contributed by atoms with Crippen LogP contribution in [-0.4, -0.2) is 116 Å². The van der Waals surface area contributed by atoms with Crippen molar-refractivity contribution < 1.29 is 45.0 Å². The molecule has 0 aromatic carbocycles. The molecule has 0 bridgehead atoms. The SMILES string of the molecule is CCCCCCCCCCCCCCCC(=O)N(CCNC(=O)CC[C@@H](C)[C@H]1CC[C@H]2[C@@H]3[C@H](O)C[C@@H]4C[C@H](O)CC[C@]4(C)[C@H]3C[C@H](O)[C@]12C)CCNC(=O)CC[C@@H](C)[C@H]1CC[C@H]2[C@@H]3[C@H](O)C[C@@H]4C[C@H](O)CC[C@]4(C)[C@H]3C[C@H](O)[C@]12C. The number of aliphatic hydroxyl groups excluding tert-OH is 6. The van der Waals surface area contributed by atoms with Gasteiger partial charge in [0, 0.05) is 45.4 Å². The number of carbonyl (C=O) groups excluding carboxylic acids is 3. The van der Waals surface area contributed by atoms with Crippen LogP contribution >= 0.6 is 0 Å². The van der Waals surface area contributed by atoms with E-state index in [9.17, 15) is 45.0 Å². The highest BCUT2D eigenvalue weighted by molar-refractivity contribution is 5.78. The Morgan fingerprint density at radius 1 is 0.487 bits per heavy atom. The van der Waals surface area contributed by atoms with E-state index < -0.39 is 24.4 Å². The number of hydrogen-bond acceptors (Lipinski definition) is 9. The lowest BCUT2D eigenvalue weighted by Crippen LogP contribution is -2.62. The Labute approximate surface area is 485 Å². The third-order valence-electron chi connectivity index (χ3n) is 25.9. The molecule has 12 heteroatoms. The van der Waals surface area contributed by atoms with Gasteiger partial charge in [0.15, 0.2) is 0 Å². The number of amides is 3. The Hall–Kier alpha value is -1.83. The van der Waals surface area contributed by atoms with Crippen molar-refractivity contribution in [1.82, 2.24) is 15.5 Å². The fraction of sp³-hybridized carbons (Fsp3) is 0.956. The molecule has 8 saturated carbocycles. The summed E-state index contributed by atoms with van der Waals surface area (Å²) in [7, 11) is 0. The maximum absolute atomic E-state index is 13.9. The van der Waals surface area contributed by atoms with Crippen LogP contribution in [0.3, 0.4) is 0 Å². The van der Waals surface area contributed by atoms with Gasteiger partial charge < -0.3 is 46.2 Å². The molecule has 12 nitrogen and oxygen atoms in total. The van der Waals surface area contributed by atoms with Crippen LogP contribution < -0.4 is 10.6 Å². The fourth-order valence-electron chi connectivity index (χ4n) is 21.0. The molecule has 0 heterocycles. The van der Waals surface area contributed by atoms with Gasteiger partial charge in [-0.25, -0.2) is 0 Å². The first-order valence-electron chi connectivity index (χ1n) is 34.1. The summed E-state index contributed by atoms with van der Waals surface area (Å²) in [4.78, 5) is 42.8. The molecule has 80 heavy (non-hydrogen) atoms. The van der Waals surface area contributed by atoms with Crippen molar-refractivity contribution >= 4 is 17.7 Å². The van der Waals surface area contributed by atoms with Gasteiger partial charge in [0.05, 0.1) is 36.6 Å². The molecule has 0 spiro atoms. The predicted octanol–water partition coefficient (Wildman–Crippen LogP) is 11.3. The zero-order chi connectivity index (χ0) is 57.6. The quantitative estimate of drug-likeness (QED) is 0.0351. The first-order valence-corrected chi connectivity index (χ1v) is 34.1. The zero-order valence-corrected chi connectivity index (χ0v) is 51.7. The number of hydrogen-bond donors (Lipinski definition) is 8. The molecule has 3 amide bonds. The van der Waals surface area contributed by atoms with Crippen molar-refractivity contribution in [2.45, 2.75) is 291 Å². The molecule has 0 radical (unpaired) electrons. The second-order valence-electron chi connectivity index (χ2n) is 30.2. The van der Waals surface area contributed by atoms with Crippen LogP contribution in [0.1, 0.15) is 254 Å². The Morgan fingerprint density at radius 2 is 0.875 bits per heavy atom. The molecule has 0 aromatic rings. The third-order valence-corrected chi connectivity index (χ3v) is 25.9. The predicted molar refractivity (Wildman–Crippen MR) is 318 cm³/mol. The summed E-state index contributed by atoms with van der Waals surface area (Å²) < 4.78 is 0. The number of carbonyl (C=O) groups is 3. The van der Waals surface area contributed by atoms with Gasteiger partial charge >= 0.3 is 0 Å². The minimum absolute atomic E-state index is 0.0286. The van der Waals surface area contributed by atoms with Gasteiger partial charge in [0.25, 0.3) is 0 Å². The summed E-state index contributed by atoms with van der Waals surface area (Å²) in [5, 5.41) is 75.1. The van der Waals surface area contributed by atoms with Crippen molar-refractivity contribution in [3.8, 4) is 0 Å². The third kappa shape index (κ3) is 13.7. The molecule has 8 aliphatic rings. The fourth-order valence-corrected chi connectivity index (χ4v) is 21.0. The normalized spacial score (nSPS) is 41.7. The van der Waals surface area contributed by atoms with E-state index >= 15 is 0 Å². The first kappa shape index (κ1) is 64.2. The Balaban J connectivity index is 0.790. The highest BCUT2D eigenvalue weighted by atomic mass is 16.3. The molecule has 8 fully saturated rings. The largest absolute Gasteiger partial charge is 0.393 e. The molecule has 8 aliphatic carbocycles. The van der Waals surface area contributed by atoms with Gasteiger partial charge in [-0.2, -0.15) is 0 Å². The van der Waals surface area contributed by atoms with E-state index in [4.69, 9.17) is 0 Å². The van der Waals surface area contributed by atoms with Crippen LogP contribution in [0.15, 0.2) is 0 Å². The second kappa shape index (κ2) is 28.1. The molecule has 8 rings (SSSR count). The molecule has 0 aromatic heterocycles. The van der Waals surface area contributed by atoms with E-state index in [1.165, 1.54) is 64.2 Å². The van der Waals surface area contributed by atoms with Crippen molar-refractivity contribution in [3.05, 3.63) is 0 Å². The minimum atomic E-state index is -0.461. The molecule has 22 atom stereocenters. The van der Waals surface area contributed by atoms with E-state index in [0.717, 1.165) is 96.3 Å². The molecule has 0 aliphatic heterocycles. The average molecular weight is 1120 g/mol. The monoisotopic (exact) mass is 1120 g/mol. The van der Waals surface area contributed by atoms with Crippen molar-refractivity contribution in [2.75, 3.05) is 26.2 Å². The maximum atomic E-state index is 13.9. The van der Waals surface area contributed by atoms with Gasteiger partial charge in [-0.05, 0) is 202 Å². The Bertz CT molecular complexity index is 1880. The summed E-state index contributed by atoms with van der Waals surface area (Å²) >= 11 is 0. The standard InChI is InChI=1S/C68H119N3O9/c1-8-9-10-11-12-13-14-15-16-17-18-19-20-21-62(80)71(36-34-69-60(78)28-22-44(2)50-24-26-52-63-54(42-58(76)67(50,52)6)65(4)32-30-48(72)38-46(65)40-56(63)74)37-35-70-61(79)29-23-45(3)51-25-27-53-64-55(43-59(77)68(51,53)7)66(5)33-31-49(73)39-47(66)41-57(64)75/h44-59,63-64,72-77H,8-43H2,1-7H3,(H,69,78)(H,70,79)/t44-,45-,46+,47+,48-,49-,50-,51-,52+,53+,54+,55+,56-,57-,58+,59+,63+,64+,65+,66+,67-,68-/m1/s1. The molecule has 460 valence electrons. The number of nitrogens with one attached hydrogen (secondary N) is 2. The maximum Gasteiger partial charge on any atom is 0.222 e. The minimum Gasteiger partial charge on any atom is -0.393 e. The molecule has 0 unspecified atom stereocenters. The van der Waals surface area contributed by atoms with Gasteiger partial charge in [-0.3, -0.25) is 14.4 Å². The lowest BCUT2D eigenvalue weighted by Gasteiger charge is -2.63. The summed E-state index contributed by atoms with van der Waals surface area (Å²) in [6.45, 7) is 17.5. The first-order chi connectivity index (χ1) is 38.2. The van der Waals surface area contributed by atoms with Crippen LogP contribution in [0.5, 0.6) is 0 Å². The van der Waals surface area contributed by atoms with Crippen LogP contribution in [0.4, 0.5) is 0 Å². The summed E-state index contributed by atoms with van der Waals surface area (Å²) in [6.07, 6.45) is 28.3. The van der Waals surface area contributed by atoms with E-state index in [0.29, 0.717) is 71.1 Å². The smallest absolute Gasteiger partial charge is 0.222 e. The molecule has 8 N–H and O–H groups in total. The van der Waals surface area contributed by atoms with E-state index in [1.807, 2.05) is 4.90 Å². The highest BCUT2D eigenvalue weighted by Gasteiger charge is 2.67. The van der Waals surface area contributed by atoms with Gasteiger partial charge in [0.2, 0.25) is 17.7 Å². The van der Waals surface area contributed by atoms with Gasteiger partial charge in [0.1, 0.15) is 0 Å². The summed E-state index contributed by atoms with van der Waals surface area (Å²) in [5.41, 5.74) is -0.566. The summed E-state index contributed by atoms with van der Waals surface area (Å²) in [6, 6.07) is 0. The molecular formula is C68H119N3O9. The highest BCUT2D eigenvalue weighted by Crippen LogP contribution is 2.70. The van der Waals surface area contributed by atoms with E-state index in [1.54, 1.807) is 0 Å². The zero-order valence-electron chi connectivity index (χ0n) is 51.7. The molecular weight excluding hydrogens is 1000 g/mol. The number of unbranched alkanes of at least 4 members (excludes halogenated alkanes) is 12. The lowest BCUT2D eigenvalue weighted by molar-refractivity contribution is -0.207. The van der Waals surface area contributed by atoms with E-state index in [2.05, 4.69) is 59.1 Å². The number of rotatable bonds is 28. The Morgan fingerprint density at radius 3 is 1.27 bits per heavy atom. The summed E-state index contributed by atoms with van der Waals surface area (Å²) in [5.74, 6) is 2.85. The van der Waals surface area contributed by atoms with Crippen LogP contribution in [0, 0.1) is 92.7 Å².